The number of nitrogens with one attached hydrogen (secondary N) is 1. The van der Waals surface area contributed by atoms with Gasteiger partial charge in [-0.15, -0.1) is 0 Å². The van der Waals surface area contributed by atoms with E-state index in [4.69, 9.17) is 16.3 Å². The van der Waals surface area contributed by atoms with Gasteiger partial charge in [0, 0.05) is 31.0 Å². The number of carbonyl (C=O) groups is 1. The molecule has 2 heterocycles. The Balaban J connectivity index is 1.88. The van der Waals surface area contributed by atoms with Gasteiger partial charge in [-0.2, -0.15) is 4.31 Å². The molecule has 10 heteroatoms. The third-order valence-corrected chi connectivity index (χ3v) is 5.97. The molecule has 1 aromatic carbocycles. The third-order valence-electron chi connectivity index (χ3n) is 3.59. The minimum absolute atomic E-state index is 0.0579. The lowest BCUT2D eigenvalue weighted by Crippen LogP contribution is -2.40. The Bertz CT molecular complexity index is 870. The quantitative estimate of drug-likeness (QED) is 0.857. The predicted octanol–water partition coefficient (Wildman–Crippen LogP) is 1.40. The maximum Gasteiger partial charge on any atom is 0.256 e. The first-order valence-electron chi connectivity index (χ1n) is 7.43. The fraction of sp³-hybridized carbons (Fsp3) is 0.267. The van der Waals surface area contributed by atoms with Crippen molar-refractivity contribution in [3.63, 3.8) is 0 Å². The molecule has 25 heavy (non-hydrogen) atoms. The topological polar surface area (TPSA) is 101 Å². The second-order valence-electron chi connectivity index (χ2n) is 5.21. The van der Waals surface area contributed by atoms with Crippen molar-refractivity contribution in [3.05, 3.63) is 47.4 Å². The summed E-state index contributed by atoms with van der Waals surface area (Å²) in [5.74, 6) is -0.240. The predicted molar refractivity (Wildman–Crippen MR) is 91.0 cm³/mol. The summed E-state index contributed by atoms with van der Waals surface area (Å²) in [5, 5.41) is 2.61. The van der Waals surface area contributed by atoms with Crippen LogP contribution < -0.4 is 5.32 Å². The van der Waals surface area contributed by atoms with Gasteiger partial charge in [0.1, 0.15) is 4.90 Å². The molecular formula is C15H15ClN4O4S. The number of aromatic nitrogens is 2. The highest BCUT2D eigenvalue weighted by Crippen LogP contribution is 2.26. The SMILES string of the molecule is O=C(Nc1cnccn1)c1ccc(Cl)c(S(=O)(=O)N2CCOCC2)c1. The highest BCUT2D eigenvalue weighted by atomic mass is 35.5. The van der Waals surface area contributed by atoms with E-state index in [0.29, 0.717) is 13.2 Å². The number of benzene rings is 1. The van der Waals surface area contributed by atoms with Gasteiger partial charge in [0.05, 0.1) is 24.4 Å². The summed E-state index contributed by atoms with van der Waals surface area (Å²) in [5.41, 5.74) is 0.155. The van der Waals surface area contributed by atoms with Crippen LogP contribution in [0.5, 0.6) is 0 Å². The highest BCUT2D eigenvalue weighted by Gasteiger charge is 2.29. The maximum absolute atomic E-state index is 12.8. The highest BCUT2D eigenvalue weighted by molar-refractivity contribution is 7.89. The Morgan fingerprint density at radius 1 is 1.24 bits per heavy atom. The van der Waals surface area contributed by atoms with Crippen molar-refractivity contribution in [2.45, 2.75) is 4.90 Å². The Morgan fingerprint density at radius 3 is 2.68 bits per heavy atom. The Morgan fingerprint density at radius 2 is 2.00 bits per heavy atom. The summed E-state index contributed by atoms with van der Waals surface area (Å²) in [6.07, 6.45) is 4.30. The van der Waals surface area contributed by atoms with Crippen LogP contribution in [0.15, 0.2) is 41.7 Å². The van der Waals surface area contributed by atoms with E-state index in [1.165, 1.54) is 41.1 Å². The van der Waals surface area contributed by atoms with Gasteiger partial charge in [-0.1, -0.05) is 11.6 Å². The minimum Gasteiger partial charge on any atom is -0.379 e. The molecule has 1 aromatic heterocycles. The molecule has 0 atom stereocenters. The first-order chi connectivity index (χ1) is 12.0. The number of hydrogen-bond acceptors (Lipinski definition) is 6. The summed E-state index contributed by atoms with van der Waals surface area (Å²) < 4.78 is 32.0. The van der Waals surface area contributed by atoms with E-state index >= 15 is 0 Å². The molecule has 1 saturated heterocycles. The summed E-state index contributed by atoms with van der Waals surface area (Å²) >= 11 is 6.07. The molecule has 1 aliphatic heterocycles. The molecule has 0 radical (unpaired) electrons. The van der Waals surface area contributed by atoms with Gasteiger partial charge in [-0.25, -0.2) is 13.4 Å². The van der Waals surface area contributed by atoms with E-state index in [-0.39, 0.29) is 34.4 Å². The van der Waals surface area contributed by atoms with Crippen LogP contribution in [0.25, 0.3) is 0 Å². The number of carbonyl (C=O) groups excluding carboxylic acids is 1. The molecule has 0 aliphatic carbocycles. The molecule has 0 bridgehead atoms. The average molecular weight is 383 g/mol. The van der Waals surface area contributed by atoms with E-state index in [1.807, 2.05) is 0 Å². The minimum atomic E-state index is -3.81. The number of amides is 1. The number of halogens is 1. The van der Waals surface area contributed by atoms with Crippen molar-refractivity contribution >= 4 is 33.3 Å². The van der Waals surface area contributed by atoms with E-state index in [1.54, 1.807) is 0 Å². The van der Waals surface area contributed by atoms with Crippen molar-refractivity contribution in [3.8, 4) is 0 Å². The summed E-state index contributed by atoms with van der Waals surface area (Å²) in [7, 11) is -3.81. The van der Waals surface area contributed by atoms with Crippen molar-refractivity contribution in [1.82, 2.24) is 14.3 Å². The fourth-order valence-corrected chi connectivity index (χ4v) is 4.23. The molecule has 1 aliphatic rings. The van der Waals surface area contributed by atoms with Crippen LogP contribution >= 0.6 is 11.6 Å². The molecule has 0 unspecified atom stereocenters. The van der Waals surface area contributed by atoms with E-state index in [2.05, 4.69) is 15.3 Å². The zero-order valence-corrected chi connectivity index (χ0v) is 14.6. The van der Waals surface area contributed by atoms with Crippen molar-refractivity contribution < 1.29 is 17.9 Å². The Kier molecular flexibility index (Phi) is 5.28. The van der Waals surface area contributed by atoms with Crippen LogP contribution in [0.1, 0.15) is 10.4 Å². The van der Waals surface area contributed by atoms with Gasteiger partial charge >= 0.3 is 0 Å². The molecule has 1 fully saturated rings. The first-order valence-corrected chi connectivity index (χ1v) is 9.25. The number of sulfonamides is 1. The largest absolute Gasteiger partial charge is 0.379 e. The normalized spacial score (nSPS) is 15.7. The molecule has 0 saturated carbocycles. The second kappa shape index (κ2) is 7.44. The Labute approximate surface area is 149 Å². The zero-order valence-electron chi connectivity index (χ0n) is 13.1. The van der Waals surface area contributed by atoms with E-state index < -0.39 is 15.9 Å². The van der Waals surface area contributed by atoms with Crippen molar-refractivity contribution in [1.29, 1.82) is 0 Å². The first kappa shape index (κ1) is 17.7. The lowest BCUT2D eigenvalue weighted by atomic mass is 10.2. The molecule has 2 aromatic rings. The van der Waals surface area contributed by atoms with E-state index in [0.717, 1.165) is 0 Å². The summed E-state index contributed by atoms with van der Waals surface area (Å²) in [4.78, 5) is 20.0. The molecule has 132 valence electrons. The third kappa shape index (κ3) is 3.96. The van der Waals surface area contributed by atoms with Crippen molar-refractivity contribution in [2.24, 2.45) is 0 Å². The summed E-state index contributed by atoms with van der Waals surface area (Å²) in [6.45, 7) is 1.14. The second-order valence-corrected chi connectivity index (χ2v) is 7.52. The molecule has 3 rings (SSSR count). The molecule has 0 spiro atoms. The van der Waals surface area contributed by atoms with Gasteiger partial charge in [0.2, 0.25) is 10.0 Å². The Hall–Kier alpha value is -2.07. The average Bonchev–Trinajstić information content (AvgIpc) is 2.63. The van der Waals surface area contributed by atoms with Crippen LogP contribution in [-0.4, -0.2) is 54.9 Å². The molecule has 8 nitrogen and oxygen atoms in total. The van der Waals surface area contributed by atoms with Gasteiger partial charge in [0.25, 0.3) is 5.91 Å². The van der Waals surface area contributed by atoms with Crippen LogP contribution in [0.3, 0.4) is 0 Å². The maximum atomic E-state index is 12.8. The van der Waals surface area contributed by atoms with Crippen LogP contribution in [0.4, 0.5) is 5.82 Å². The number of rotatable bonds is 4. The lowest BCUT2D eigenvalue weighted by molar-refractivity contribution is 0.0730. The number of nitrogens with zero attached hydrogens (tertiary/aromatic N) is 3. The van der Waals surface area contributed by atoms with Crippen molar-refractivity contribution in [2.75, 3.05) is 31.6 Å². The zero-order chi connectivity index (χ0) is 17.9. The van der Waals surface area contributed by atoms with Gasteiger partial charge in [-0.3, -0.25) is 9.78 Å². The van der Waals surface area contributed by atoms with E-state index in [9.17, 15) is 13.2 Å². The van der Waals surface area contributed by atoms with Gasteiger partial charge in [-0.05, 0) is 18.2 Å². The lowest BCUT2D eigenvalue weighted by Gasteiger charge is -2.26. The number of ether oxygens (including phenoxy) is 1. The molecular weight excluding hydrogens is 368 g/mol. The number of anilines is 1. The summed E-state index contributed by atoms with van der Waals surface area (Å²) in [6, 6.07) is 4.10. The number of morpholine rings is 1. The van der Waals surface area contributed by atoms with Crippen LogP contribution in [0.2, 0.25) is 5.02 Å². The van der Waals surface area contributed by atoms with Crippen LogP contribution in [0, 0.1) is 0 Å². The monoisotopic (exact) mass is 382 g/mol. The molecule has 1 amide bonds. The smallest absolute Gasteiger partial charge is 0.256 e. The standard InChI is InChI=1S/C15H15ClN4O4S/c16-12-2-1-11(15(21)19-14-10-17-3-4-18-14)9-13(12)25(22,23)20-5-7-24-8-6-20/h1-4,9-10H,5-8H2,(H,18,19,21). The van der Waals surface area contributed by atoms with Gasteiger partial charge < -0.3 is 10.1 Å². The van der Waals surface area contributed by atoms with Gasteiger partial charge in [0.15, 0.2) is 5.82 Å². The number of hydrogen-bond donors (Lipinski definition) is 1. The fourth-order valence-electron chi connectivity index (χ4n) is 2.32. The molecule has 1 N–H and O–H groups in total. The van der Waals surface area contributed by atoms with Crippen LogP contribution in [-0.2, 0) is 14.8 Å².